The normalized spacial score (nSPS) is 23.6. The number of thioether (sulfide) groups is 1. The molecule has 0 aromatic heterocycles. The molecular weight excluding hydrogens is 297 g/mol. The molecule has 0 aliphatic carbocycles. The molecule has 2 rings (SSSR count). The highest BCUT2D eigenvalue weighted by Crippen LogP contribution is 2.36. The largest absolute Gasteiger partial charge is 0.416 e. The zero-order chi connectivity index (χ0) is 14.1. The third-order valence-electron chi connectivity index (χ3n) is 3.13. The Balaban J connectivity index is 2.27. The van der Waals surface area contributed by atoms with E-state index in [2.05, 4.69) is 5.32 Å². The highest BCUT2D eigenvalue weighted by atomic mass is 35.5. The monoisotopic (exact) mass is 310 g/mol. The molecule has 0 radical (unpaired) electrons. The summed E-state index contributed by atoms with van der Waals surface area (Å²) in [5, 5.41) is 3.19. The summed E-state index contributed by atoms with van der Waals surface area (Å²) >= 11 is 7.49. The summed E-state index contributed by atoms with van der Waals surface area (Å²) in [5.41, 5.74) is 5.03. The summed E-state index contributed by atoms with van der Waals surface area (Å²) in [6, 6.07) is 3.49. The van der Waals surface area contributed by atoms with Crippen molar-refractivity contribution in [3.63, 3.8) is 0 Å². The maximum absolute atomic E-state index is 12.7. The van der Waals surface area contributed by atoms with Crippen LogP contribution in [0.3, 0.4) is 0 Å². The summed E-state index contributed by atoms with van der Waals surface area (Å²) in [4.78, 5) is 0. The molecule has 1 aliphatic heterocycles. The van der Waals surface area contributed by atoms with E-state index in [0.717, 1.165) is 30.1 Å². The minimum absolute atomic E-state index is 0.0650. The average Bonchev–Trinajstić information content (AvgIpc) is 2.76. The molecule has 3 N–H and O–H groups in total. The van der Waals surface area contributed by atoms with Crippen molar-refractivity contribution in [1.29, 1.82) is 0 Å². The van der Waals surface area contributed by atoms with E-state index in [1.54, 1.807) is 11.8 Å². The van der Waals surface area contributed by atoms with Crippen molar-refractivity contribution >= 4 is 29.1 Å². The molecule has 0 saturated carbocycles. The second-order valence-corrected chi connectivity index (χ2v) is 6.18. The predicted octanol–water partition coefficient (Wildman–Crippen LogP) is 3.61. The van der Waals surface area contributed by atoms with Gasteiger partial charge in [0.25, 0.3) is 0 Å². The summed E-state index contributed by atoms with van der Waals surface area (Å²) in [6.07, 6.45) is -3.57. The predicted molar refractivity (Wildman–Crippen MR) is 73.8 cm³/mol. The van der Waals surface area contributed by atoms with Gasteiger partial charge in [-0.1, -0.05) is 11.6 Å². The average molecular weight is 311 g/mol. The summed E-state index contributed by atoms with van der Waals surface area (Å²) in [6.45, 7) is 0.383. The molecule has 1 fully saturated rings. The molecule has 1 aromatic rings. The Kier molecular flexibility index (Phi) is 4.23. The second kappa shape index (κ2) is 5.42. The number of alkyl halides is 3. The van der Waals surface area contributed by atoms with Crippen molar-refractivity contribution in [3.8, 4) is 0 Å². The van der Waals surface area contributed by atoms with Crippen LogP contribution >= 0.6 is 23.4 Å². The van der Waals surface area contributed by atoms with Gasteiger partial charge in [-0.25, -0.2) is 0 Å². The number of anilines is 1. The van der Waals surface area contributed by atoms with Crippen LogP contribution in [0, 0.1) is 0 Å². The van der Waals surface area contributed by atoms with Gasteiger partial charge in [0.15, 0.2) is 0 Å². The first kappa shape index (κ1) is 14.8. The smallest absolute Gasteiger partial charge is 0.377 e. The summed E-state index contributed by atoms with van der Waals surface area (Å²) < 4.78 is 38.2. The van der Waals surface area contributed by atoms with Gasteiger partial charge in [-0.15, -0.1) is 0 Å². The Morgan fingerprint density at radius 1 is 1.37 bits per heavy atom. The molecule has 1 heterocycles. The lowest BCUT2D eigenvalue weighted by Gasteiger charge is -2.29. The Bertz CT molecular complexity index is 459. The summed E-state index contributed by atoms with van der Waals surface area (Å²) in [7, 11) is 0. The molecule has 0 amide bonds. The van der Waals surface area contributed by atoms with Crippen LogP contribution in [0.2, 0.25) is 5.02 Å². The van der Waals surface area contributed by atoms with E-state index in [1.807, 2.05) is 0 Å². The standard InChI is InChI=1S/C12H14ClF3N2S/c13-9-3-8(12(14,15)16)4-10(5-9)18-11(6-17)1-2-19-7-11/h3-5,18H,1-2,6-7,17H2. The molecule has 7 heteroatoms. The first-order valence-electron chi connectivity index (χ1n) is 5.78. The van der Waals surface area contributed by atoms with Gasteiger partial charge < -0.3 is 11.1 Å². The maximum Gasteiger partial charge on any atom is 0.416 e. The van der Waals surface area contributed by atoms with E-state index in [9.17, 15) is 13.2 Å². The first-order valence-corrected chi connectivity index (χ1v) is 7.32. The molecule has 2 nitrogen and oxygen atoms in total. The fraction of sp³-hybridized carbons (Fsp3) is 0.500. The number of halogens is 4. The quantitative estimate of drug-likeness (QED) is 0.896. The van der Waals surface area contributed by atoms with Gasteiger partial charge in [0, 0.05) is 23.0 Å². The Morgan fingerprint density at radius 2 is 2.11 bits per heavy atom. The van der Waals surface area contributed by atoms with E-state index in [4.69, 9.17) is 17.3 Å². The molecule has 0 bridgehead atoms. The van der Waals surface area contributed by atoms with Crippen molar-refractivity contribution in [2.75, 3.05) is 23.4 Å². The molecular formula is C12H14ClF3N2S. The third-order valence-corrected chi connectivity index (χ3v) is 4.60. The Morgan fingerprint density at radius 3 is 2.63 bits per heavy atom. The number of nitrogens with two attached hydrogens (primary N) is 1. The topological polar surface area (TPSA) is 38.0 Å². The highest BCUT2D eigenvalue weighted by Gasteiger charge is 2.35. The third kappa shape index (κ3) is 3.49. The van der Waals surface area contributed by atoms with Crippen molar-refractivity contribution < 1.29 is 13.2 Å². The van der Waals surface area contributed by atoms with Crippen molar-refractivity contribution in [3.05, 3.63) is 28.8 Å². The number of rotatable bonds is 3. The van der Waals surface area contributed by atoms with E-state index in [1.165, 1.54) is 6.07 Å². The molecule has 0 spiro atoms. The lowest BCUT2D eigenvalue weighted by molar-refractivity contribution is -0.137. The number of hydrogen-bond donors (Lipinski definition) is 2. The van der Waals surface area contributed by atoms with E-state index in [-0.39, 0.29) is 10.6 Å². The van der Waals surface area contributed by atoms with Crippen LogP contribution in [0.1, 0.15) is 12.0 Å². The molecule has 1 saturated heterocycles. The van der Waals surface area contributed by atoms with Gasteiger partial charge in [-0.2, -0.15) is 24.9 Å². The Hall–Kier alpha value is -0.590. The fourth-order valence-electron chi connectivity index (χ4n) is 2.05. The van der Waals surface area contributed by atoms with Crippen LogP contribution in [-0.4, -0.2) is 23.6 Å². The van der Waals surface area contributed by atoms with Gasteiger partial charge in [-0.3, -0.25) is 0 Å². The minimum atomic E-state index is -4.40. The van der Waals surface area contributed by atoms with Crippen LogP contribution in [0.5, 0.6) is 0 Å². The van der Waals surface area contributed by atoms with Gasteiger partial charge in [0.05, 0.1) is 11.1 Å². The molecule has 1 unspecified atom stereocenters. The van der Waals surface area contributed by atoms with Crippen molar-refractivity contribution in [2.24, 2.45) is 5.73 Å². The van der Waals surface area contributed by atoms with E-state index in [0.29, 0.717) is 12.2 Å². The molecule has 1 aliphatic rings. The zero-order valence-corrected chi connectivity index (χ0v) is 11.6. The Labute approximate surface area is 118 Å². The highest BCUT2D eigenvalue weighted by molar-refractivity contribution is 7.99. The van der Waals surface area contributed by atoms with Gasteiger partial charge >= 0.3 is 6.18 Å². The SMILES string of the molecule is NCC1(Nc2cc(Cl)cc(C(F)(F)F)c2)CCSC1. The molecule has 19 heavy (non-hydrogen) atoms. The molecule has 1 atom stereocenters. The maximum atomic E-state index is 12.7. The van der Waals surface area contributed by atoms with Gasteiger partial charge in [-0.05, 0) is 30.4 Å². The molecule has 106 valence electrons. The van der Waals surface area contributed by atoms with E-state index >= 15 is 0 Å². The van der Waals surface area contributed by atoms with Crippen LogP contribution in [0.25, 0.3) is 0 Å². The number of hydrogen-bond acceptors (Lipinski definition) is 3. The van der Waals surface area contributed by atoms with E-state index < -0.39 is 11.7 Å². The van der Waals surface area contributed by atoms with Crippen LogP contribution in [-0.2, 0) is 6.18 Å². The first-order chi connectivity index (χ1) is 8.85. The number of nitrogens with one attached hydrogen (secondary N) is 1. The van der Waals surface area contributed by atoms with Crippen LogP contribution in [0.4, 0.5) is 18.9 Å². The lowest BCUT2D eigenvalue weighted by Crippen LogP contribution is -2.45. The van der Waals surface area contributed by atoms with Crippen LogP contribution in [0.15, 0.2) is 18.2 Å². The zero-order valence-electron chi connectivity index (χ0n) is 10.1. The lowest BCUT2D eigenvalue weighted by atomic mass is 9.98. The van der Waals surface area contributed by atoms with Gasteiger partial charge in [0.1, 0.15) is 0 Å². The van der Waals surface area contributed by atoms with Crippen LogP contribution < -0.4 is 11.1 Å². The number of benzene rings is 1. The minimum Gasteiger partial charge on any atom is -0.377 e. The fourth-order valence-corrected chi connectivity index (χ4v) is 3.69. The van der Waals surface area contributed by atoms with Crippen molar-refractivity contribution in [1.82, 2.24) is 0 Å². The van der Waals surface area contributed by atoms with Crippen molar-refractivity contribution in [2.45, 2.75) is 18.1 Å². The van der Waals surface area contributed by atoms with Gasteiger partial charge in [0.2, 0.25) is 0 Å². The summed E-state index contributed by atoms with van der Waals surface area (Å²) in [5.74, 6) is 1.74. The second-order valence-electron chi connectivity index (χ2n) is 4.64. The molecule has 1 aromatic carbocycles.